The molecule has 0 atom stereocenters. The van der Waals surface area contributed by atoms with Gasteiger partial charge in [-0.2, -0.15) is 4.31 Å². The van der Waals surface area contributed by atoms with E-state index in [2.05, 4.69) is 0 Å². The molecule has 0 bridgehead atoms. The Morgan fingerprint density at radius 2 is 2.05 bits per heavy atom. The first-order valence-electron chi connectivity index (χ1n) is 5.87. The lowest BCUT2D eigenvalue weighted by atomic mass is 10.3. The molecule has 7 heteroatoms. The lowest BCUT2D eigenvalue weighted by Gasteiger charge is -2.18. The standard InChI is InChI=1S/C13H15FN2O2S2/c1-9-6-7-19-11(9)8-16(2)20(17,18)12-5-3-4-10(14)13(12)15/h3-7H,8,15H2,1-2H3. The normalized spacial score (nSPS) is 12.0. The molecule has 1 aromatic heterocycles. The van der Waals surface area contributed by atoms with Crippen LogP contribution in [0.1, 0.15) is 10.4 Å². The fourth-order valence-corrected chi connectivity index (χ4v) is 4.06. The predicted octanol–water partition coefficient (Wildman–Crippen LogP) is 2.60. The minimum absolute atomic E-state index is 0.200. The molecule has 0 spiro atoms. The van der Waals surface area contributed by atoms with Crippen LogP contribution < -0.4 is 5.73 Å². The molecule has 0 saturated heterocycles. The molecule has 2 rings (SSSR count). The summed E-state index contributed by atoms with van der Waals surface area (Å²) in [5.74, 6) is -0.730. The highest BCUT2D eigenvalue weighted by molar-refractivity contribution is 7.89. The van der Waals surface area contributed by atoms with Crippen molar-refractivity contribution in [3.63, 3.8) is 0 Å². The van der Waals surface area contributed by atoms with Crippen molar-refractivity contribution in [2.45, 2.75) is 18.4 Å². The predicted molar refractivity (Wildman–Crippen MR) is 78.5 cm³/mol. The number of aryl methyl sites for hydroxylation is 1. The van der Waals surface area contributed by atoms with E-state index in [1.807, 2.05) is 18.4 Å². The fourth-order valence-electron chi connectivity index (χ4n) is 1.76. The van der Waals surface area contributed by atoms with Gasteiger partial charge in [0.2, 0.25) is 10.0 Å². The maximum Gasteiger partial charge on any atom is 0.245 e. The zero-order valence-corrected chi connectivity index (χ0v) is 12.8. The first kappa shape index (κ1) is 15.0. The molecular formula is C13H15FN2O2S2. The van der Waals surface area contributed by atoms with Crippen LogP contribution in [-0.2, 0) is 16.6 Å². The van der Waals surface area contributed by atoms with Crippen LogP contribution in [0.5, 0.6) is 0 Å². The van der Waals surface area contributed by atoms with Gasteiger partial charge in [0.1, 0.15) is 10.7 Å². The zero-order chi connectivity index (χ0) is 14.9. The molecule has 0 aliphatic rings. The third-order valence-electron chi connectivity index (χ3n) is 3.04. The highest BCUT2D eigenvalue weighted by Gasteiger charge is 2.25. The first-order chi connectivity index (χ1) is 9.34. The van der Waals surface area contributed by atoms with Crippen LogP contribution in [0.15, 0.2) is 34.5 Å². The Kier molecular flexibility index (Phi) is 4.12. The number of nitrogens with two attached hydrogens (primary N) is 1. The number of halogens is 1. The second-order valence-corrected chi connectivity index (χ2v) is 7.45. The summed E-state index contributed by atoms with van der Waals surface area (Å²) < 4.78 is 39.4. The van der Waals surface area contributed by atoms with Crippen molar-refractivity contribution in [3.05, 3.63) is 45.9 Å². The van der Waals surface area contributed by atoms with Gasteiger partial charge in [-0.05, 0) is 36.1 Å². The molecule has 0 aliphatic carbocycles. The fraction of sp³-hybridized carbons (Fsp3) is 0.231. The average Bonchev–Trinajstić information content (AvgIpc) is 2.78. The number of hydrogen-bond donors (Lipinski definition) is 1. The maximum atomic E-state index is 13.4. The Balaban J connectivity index is 2.35. The Morgan fingerprint density at radius 3 is 2.65 bits per heavy atom. The molecule has 0 amide bonds. The molecule has 2 N–H and O–H groups in total. The van der Waals surface area contributed by atoms with Crippen LogP contribution >= 0.6 is 11.3 Å². The second kappa shape index (κ2) is 5.51. The molecule has 4 nitrogen and oxygen atoms in total. The lowest BCUT2D eigenvalue weighted by molar-refractivity contribution is 0.468. The molecule has 108 valence electrons. The van der Waals surface area contributed by atoms with Crippen LogP contribution in [0.3, 0.4) is 0 Å². The van der Waals surface area contributed by atoms with Crippen molar-refractivity contribution in [2.75, 3.05) is 12.8 Å². The van der Waals surface area contributed by atoms with E-state index in [0.717, 1.165) is 16.5 Å². The highest BCUT2D eigenvalue weighted by Crippen LogP contribution is 2.26. The molecule has 0 saturated carbocycles. The van der Waals surface area contributed by atoms with Crippen LogP contribution in [0.2, 0.25) is 0 Å². The topological polar surface area (TPSA) is 63.4 Å². The van der Waals surface area contributed by atoms with Crippen molar-refractivity contribution in [1.29, 1.82) is 0 Å². The maximum absolute atomic E-state index is 13.4. The van der Waals surface area contributed by atoms with Crippen LogP contribution in [0, 0.1) is 12.7 Å². The molecule has 0 aliphatic heterocycles. The Labute approximate surface area is 121 Å². The first-order valence-corrected chi connectivity index (χ1v) is 8.19. The van der Waals surface area contributed by atoms with E-state index >= 15 is 0 Å². The summed E-state index contributed by atoms with van der Waals surface area (Å²) in [5, 5.41) is 1.90. The van der Waals surface area contributed by atoms with Gasteiger partial charge in [-0.3, -0.25) is 0 Å². The molecule has 1 heterocycles. The number of anilines is 1. The quantitative estimate of drug-likeness (QED) is 0.882. The summed E-state index contributed by atoms with van der Waals surface area (Å²) in [6, 6.07) is 5.71. The van der Waals surface area contributed by atoms with E-state index in [1.165, 1.54) is 34.8 Å². The van der Waals surface area contributed by atoms with E-state index in [-0.39, 0.29) is 17.1 Å². The van der Waals surface area contributed by atoms with Gasteiger partial charge in [-0.15, -0.1) is 11.3 Å². The molecule has 2 aromatic rings. The molecule has 20 heavy (non-hydrogen) atoms. The van der Waals surface area contributed by atoms with Gasteiger partial charge < -0.3 is 5.73 Å². The lowest BCUT2D eigenvalue weighted by Crippen LogP contribution is -2.27. The number of benzene rings is 1. The second-order valence-electron chi connectivity index (χ2n) is 4.44. The van der Waals surface area contributed by atoms with Gasteiger partial charge in [0.15, 0.2) is 0 Å². The largest absolute Gasteiger partial charge is 0.395 e. The summed E-state index contributed by atoms with van der Waals surface area (Å²) in [6.07, 6.45) is 0. The molecular weight excluding hydrogens is 299 g/mol. The number of hydrogen-bond acceptors (Lipinski definition) is 4. The van der Waals surface area contributed by atoms with Gasteiger partial charge in [-0.1, -0.05) is 6.07 Å². The van der Waals surface area contributed by atoms with Crippen LogP contribution in [-0.4, -0.2) is 19.8 Å². The number of sulfonamides is 1. The van der Waals surface area contributed by atoms with Gasteiger partial charge >= 0.3 is 0 Å². The van der Waals surface area contributed by atoms with Gasteiger partial charge in [0.25, 0.3) is 0 Å². The van der Waals surface area contributed by atoms with E-state index in [4.69, 9.17) is 5.73 Å². The van der Waals surface area contributed by atoms with E-state index in [9.17, 15) is 12.8 Å². The van der Waals surface area contributed by atoms with E-state index in [0.29, 0.717) is 0 Å². The van der Waals surface area contributed by atoms with Crippen molar-refractivity contribution in [2.24, 2.45) is 0 Å². The van der Waals surface area contributed by atoms with Crippen molar-refractivity contribution in [3.8, 4) is 0 Å². The molecule has 0 radical (unpaired) electrons. The summed E-state index contributed by atoms with van der Waals surface area (Å²) in [7, 11) is -2.35. The number of nitrogens with zero attached hydrogens (tertiary/aromatic N) is 1. The van der Waals surface area contributed by atoms with E-state index < -0.39 is 15.8 Å². The molecule has 0 fully saturated rings. The summed E-state index contributed by atoms with van der Waals surface area (Å²) in [5.41, 5.74) is 6.22. The van der Waals surface area contributed by atoms with Crippen molar-refractivity contribution < 1.29 is 12.8 Å². The van der Waals surface area contributed by atoms with Crippen LogP contribution in [0.4, 0.5) is 10.1 Å². The number of thiophene rings is 1. The Bertz CT molecular complexity index is 726. The van der Waals surface area contributed by atoms with Crippen molar-refractivity contribution >= 4 is 27.0 Å². The van der Waals surface area contributed by atoms with Crippen molar-refractivity contribution in [1.82, 2.24) is 4.31 Å². The minimum Gasteiger partial charge on any atom is -0.395 e. The minimum atomic E-state index is -3.81. The number of rotatable bonds is 4. The monoisotopic (exact) mass is 314 g/mol. The van der Waals surface area contributed by atoms with E-state index in [1.54, 1.807) is 0 Å². The molecule has 1 aromatic carbocycles. The number of para-hydroxylation sites is 1. The zero-order valence-electron chi connectivity index (χ0n) is 11.1. The summed E-state index contributed by atoms with van der Waals surface area (Å²) >= 11 is 1.49. The van der Waals surface area contributed by atoms with Crippen LogP contribution in [0.25, 0.3) is 0 Å². The van der Waals surface area contributed by atoms with Gasteiger partial charge in [0, 0.05) is 18.5 Å². The summed E-state index contributed by atoms with van der Waals surface area (Å²) in [6.45, 7) is 2.16. The molecule has 0 unspecified atom stereocenters. The SMILES string of the molecule is Cc1ccsc1CN(C)S(=O)(=O)c1cccc(F)c1N. The Hall–Kier alpha value is -1.44. The van der Waals surface area contributed by atoms with Gasteiger partial charge in [-0.25, -0.2) is 12.8 Å². The summed E-state index contributed by atoms with van der Waals surface area (Å²) in [4.78, 5) is 0.750. The highest BCUT2D eigenvalue weighted by atomic mass is 32.2. The number of nitrogen functional groups attached to an aromatic ring is 1. The third kappa shape index (κ3) is 2.70. The Morgan fingerprint density at radius 1 is 1.35 bits per heavy atom. The smallest absolute Gasteiger partial charge is 0.245 e. The third-order valence-corrected chi connectivity index (χ3v) is 5.90. The van der Waals surface area contributed by atoms with Gasteiger partial charge in [0.05, 0.1) is 5.69 Å². The average molecular weight is 314 g/mol.